The van der Waals surface area contributed by atoms with E-state index in [9.17, 15) is 27.2 Å². The van der Waals surface area contributed by atoms with Crippen LogP contribution in [0.1, 0.15) is 31.8 Å². The minimum Gasteiger partial charge on any atom is -0.478 e. The number of rotatable bonds is 4. The van der Waals surface area contributed by atoms with Crippen molar-refractivity contribution >= 4 is 34.4 Å². The summed E-state index contributed by atoms with van der Waals surface area (Å²) in [5, 5.41) is 13.0. The van der Waals surface area contributed by atoms with E-state index in [1.54, 1.807) is 6.07 Å². The molecule has 0 bridgehead atoms. The van der Waals surface area contributed by atoms with Crippen molar-refractivity contribution in [2.45, 2.75) is 12.7 Å². The van der Waals surface area contributed by atoms with E-state index in [2.05, 4.69) is 5.10 Å². The maximum Gasteiger partial charge on any atom is 0.417 e. The Balaban J connectivity index is 1.99. The van der Waals surface area contributed by atoms with Crippen LogP contribution in [-0.2, 0) is 12.7 Å². The molecule has 0 aliphatic heterocycles. The van der Waals surface area contributed by atoms with Crippen LogP contribution >= 0.6 is 11.6 Å². The smallest absolute Gasteiger partial charge is 0.417 e. The highest BCUT2D eigenvalue weighted by molar-refractivity contribution is 6.34. The number of halogens is 5. The van der Waals surface area contributed by atoms with Crippen molar-refractivity contribution in [1.82, 2.24) is 9.78 Å². The van der Waals surface area contributed by atoms with Gasteiger partial charge in [0, 0.05) is 17.5 Å². The van der Waals surface area contributed by atoms with Crippen molar-refractivity contribution in [1.29, 1.82) is 0 Å². The van der Waals surface area contributed by atoms with Gasteiger partial charge in [-0.2, -0.15) is 23.0 Å². The molecule has 0 fully saturated rings. The van der Waals surface area contributed by atoms with Gasteiger partial charge in [-0.05, 0) is 42.0 Å². The molecular formula is C23H14ClF4N3O3. The average molecular weight is 492 g/mol. The number of aromatic carboxylic acids is 1. The van der Waals surface area contributed by atoms with Crippen LogP contribution in [0.4, 0.5) is 17.6 Å². The molecule has 0 radical (unpaired) electrons. The van der Waals surface area contributed by atoms with E-state index in [0.717, 1.165) is 30.3 Å². The minimum absolute atomic E-state index is 0.0617. The summed E-state index contributed by atoms with van der Waals surface area (Å²) >= 11 is 5.99. The fourth-order valence-electron chi connectivity index (χ4n) is 3.56. The third kappa shape index (κ3) is 4.02. The standard InChI is InChI=1S/C23H14ClF4N3O3/c24-16-3-1-2-15(23(26,27)28)19(16)21(32)31-18-8-11(10-29)4-6-14(18)20(30-31)13-7-5-12(22(33)34)9-17(13)25/h1-9H,10,29H2,(H,33,34). The quantitative estimate of drug-likeness (QED) is 0.374. The van der Waals surface area contributed by atoms with Gasteiger partial charge in [0.05, 0.1) is 27.2 Å². The van der Waals surface area contributed by atoms with E-state index in [-0.39, 0.29) is 34.3 Å². The number of alkyl halides is 3. The Labute approximate surface area is 194 Å². The highest BCUT2D eigenvalue weighted by Gasteiger charge is 2.37. The Bertz CT molecular complexity index is 1460. The van der Waals surface area contributed by atoms with Crippen LogP contribution in [0.5, 0.6) is 0 Å². The molecule has 4 aromatic rings. The third-order valence-corrected chi connectivity index (χ3v) is 5.49. The number of nitrogens with two attached hydrogens (primary N) is 1. The van der Waals surface area contributed by atoms with Gasteiger partial charge in [0.15, 0.2) is 0 Å². The minimum atomic E-state index is -4.87. The summed E-state index contributed by atoms with van der Waals surface area (Å²) in [4.78, 5) is 24.5. The second-order valence-electron chi connectivity index (χ2n) is 7.28. The van der Waals surface area contributed by atoms with Crippen molar-refractivity contribution in [3.63, 3.8) is 0 Å². The number of carboxylic acids is 1. The zero-order valence-electron chi connectivity index (χ0n) is 17.0. The molecule has 0 atom stereocenters. The van der Waals surface area contributed by atoms with Gasteiger partial charge in [0.2, 0.25) is 0 Å². The van der Waals surface area contributed by atoms with Crippen LogP contribution in [0.15, 0.2) is 54.6 Å². The van der Waals surface area contributed by atoms with Gasteiger partial charge < -0.3 is 10.8 Å². The summed E-state index contributed by atoms with van der Waals surface area (Å²) in [6, 6.07) is 10.6. The van der Waals surface area contributed by atoms with Crippen molar-refractivity contribution in [2.75, 3.05) is 0 Å². The van der Waals surface area contributed by atoms with Crippen LogP contribution in [0, 0.1) is 5.82 Å². The van der Waals surface area contributed by atoms with Crippen molar-refractivity contribution < 1.29 is 32.3 Å². The number of carboxylic acid groups (broad SMARTS) is 1. The van der Waals surface area contributed by atoms with Gasteiger partial charge in [-0.1, -0.05) is 29.8 Å². The van der Waals surface area contributed by atoms with Gasteiger partial charge in [-0.25, -0.2) is 9.18 Å². The number of benzene rings is 3. The Morgan fingerprint density at radius 3 is 2.44 bits per heavy atom. The molecule has 11 heteroatoms. The molecule has 0 spiro atoms. The summed E-state index contributed by atoms with van der Waals surface area (Å²) in [7, 11) is 0. The maximum atomic E-state index is 14.8. The topological polar surface area (TPSA) is 98.2 Å². The highest BCUT2D eigenvalue weighted by atomic mass is 35.5. The van der Waals surface area contributed by atoms with Gasteiger partial charge in [0.25, 0.3) is 5.91 Å². The Morgan fingerprint density at radius 1 is 1.09 bits per heavy atom. The summed E-state index contributed by atoms with van der Waals surface area (Å²) in [5.74, 6) is -3.46. The van der Waals surface area contributed by atoms with Gasteiger partial charge in [0.1, 0.15) is 11.5 Å². The molecule has 1 heterocycles. The van der Waals surface area contributed by atoms with Gasteiger partial charge >= 0.3 is 12.1 Å². The molecule has 0 amide bonds. The second kappa shape index (κ2) is 8.54. The van der Waals surface area contributed by atoms with Crippen molar-refractivity contribution in [3.05, 3.63) is 87.7 Å². The number of carbonyl (C=O) groups excluding carboxylic acids is 1. The molecule has 1 aromatic heterocycles. The number of hydrogen-bond donors (Lipinski definition) is 2. The summed E-state index contributed by atoms with van der Waals surface area (Å²) < 4.78 is 56.3. The number of hydrogen-bond acceptors (Lipinski definition) is 4. The fraction of sp³-hybridized carbons (Fsp3) is 0.0870. The van der Waals surface area contributed by atoms with E-state index in [4.69, 9.17) is 22.4 Å². The number of aromatic nitrogens is 2. The van der Waals surface area contributed by atoms with Crippen LogP contribution in [0.2, 0.25) is 5.02 Å². The zero-order chi connectivity index (χ0) is 24.8. The lowest BCUT2D eigenvalue weighted by molar-refractivity contribution is -0.137. The number of fused-ring (bicyclic) bond motifs is 1. The Morgan fingerprint density at radius 2 is 1.82 bits per heavy atom. The molecule has 6 nitrogen and oxygen atoms in total. The van der Waals surface area contributed by atoms with Crippen molar-refractivity contribution in [3.8, 4) is 11.3 Å². The first-order valence-corrected chi connectivity index (χ1v) is 10.1. The second-order valence-corrected chi connectivity index (χ2v) is 7.69. The van der Waals surface area contributed by atoms with Crippen LogP contribution < -0.4 is 5.73 Å². The monoisotopic (exact) mass is 491 g/mol. The SMILES string of the molecule is NCc1ccc2c(-c3ccc(C(=O)O)cc3F)nn(C(=O)c3c(Cl)cccc3C(F)(F)F)c2c1. The molecule has 0 aliphatic carbocycles. The number of carbonyl (C=O) groups is 2. The third-order valence-electron chi connectivity index (χ3n) is 5.18. The Kier molecular flexibility index (Phi) is 5.88. The van der Waals surface area contributed by atoms with E-state index in [0.29, 0.717) is 10.2 Å². The van der Waals surface area contributed by atoms with Gasteiger partial charge in [-0.3, -0.25) is 4.79 Å². The molecule has 4 rings (SSSR count). The predicted molar refractivity (Wildman–Crippen MR) is 116 cm³/mol. The summed E-state index contributed by atoms with van der Waals surface area (Å²) in [5.41, 5.74) is 3.72. The highest BCUT2D eigenvalue weighted by Crippen LogP contribution is 2.37. The Hall–Kier alpha value is -3.76. The lowest BCUT2D eigenvalue weighted by atomic mass is 10.0. The largest absolute Gasteiger partial charge is 0.478 e. The van der Waals surface area contributed by atoms with E-state index in [1.807, 2.05) is 0 Å². The molecule has 174 valence electrons. The molecule has 34 heavy (non-hydrogen) atoms. The predicted octanol–water partition coefficient (Wildman–Crippen LogP) is 5.36. The molecular weight excluding hydrogens is 478 g/mol. The lowest BCUT2D eigenvalue weighted by Crippen LogP contribution is -2.20. The molecule has 0 saturated carbocycles. The fourth-order valence-corrected chi connectivity index (χ4v) is 3.82. The van der Waals surface area contributed by atoms with E-state index < -0.39 is 40.0 Å². The molecule has 0 saturated heterocycles. The molecule has 3 aromatic carbocycles. The van der Waals surface area contributed by atoms with Crippen molar-refractivity contribution in [2.24, 2.45) is 5.73 Å². The molecule has 0 aliphatic rings. The first-order valence-electron chi connectivity index (χ1n) is 9.68. The molecule has 3 N–H and O–H groups in total. The first-order chi connectivity index (χ1) is 16.0. The van der Waals surface area contributed by atoms with Crippen LogP contribution in [0.3, 0.4) is 0 Å². The zero-order valence-corrected chi connectivity index (χ0v) is 17.8. The average Bonchev–Trinajstić information content (AvgIpc) is 3.16. The lowest BCUT2D eigenvalue weighted by Gasteiger charge is -2.13. The summed E-state index contributed by atoms with van der Waals surface area (Å²) in [6.07, 6.45) is -4.87. The first kappa shape index (κ1) is 23.4. The summed E-state index contributed by atoms with van der Waals surface area (Å²) in [6.45, 7) is 0.0617. The van der Waals surface area contributed by atoms with Gasteiger partial charge in [-0.15, -0.1) is 0 Å². The van der Waals surface area contributed by atoms with E-state index >= 15 is 0 Å². The van der Waals surface area contributed by atoms with E-state index in [1.165, 1.54) is 18.2 Å². The number of nitrogens with zero attached hydrogens (tertiary/aromatic N) is 2. The maximum absolute atomic E-state index is 14.8. The van der Waals surface area contributed by atoms with Crippen LogP contribution in [0.25, 0.3) is 22.2 Å². The normalized spacial score (nSPS) is 11.7. The molecule has 0 unspecified atom stereocenters. The van der Waals surface area contributed by atoms with Crippen LogP contribution in [-0.4, -0.2) is 26.8 Å².